The van der Waals surface area contributed by atoms with Crippen molar-refractivity contribution in [3.05, 3.63) is 40.8 Å². The minimum atomic E-state index is 0.165. The zero-order chi connectivity index (χ0) is 13.8. The van der Waals surface area contributed by atoms with E-state index in [-0.39, 0.29) is 5.28 Å². The zero-order valence-electron chi connectivity index (χ0n) is 10.8. The first-order valence-electron chi connectivity index (χ1n) is 5.75. The molecule has 0 spiro atoms. The van der Waals surface area contributed by atoms with Crippen LogP contribution < -0.4 is 11.1 Å². The number of rotatable bonds is 4. The van der Waals surface area contributed by atoms with E-state index in [1.165, 1.54) is 0 Å². The molecule has 0 unspecified atom stereocenters. The van der Waals surface area contributed by atoms with Gasteiger partial charge < -0.3 is 15.8 Å². The molecule has 19 heavy (non-hydrogen) atoms. The van der Waals surface area contributed by atoms with Gasteiger partial charge >= 0.3 is 0 Å². The van der Waals surface area contributed by atoms with Gasteiger partial charge in [0, 0.05) is 18.4 Å². The molecule has 1 aromatic carbocycles. The van der Waals surface area contributed by atoms with E-state index in [4.69, 9.17) is 22.1 Å². The van der Waals surface area contributed by atoms with Gasteiger partial charge in [0.1, 0.15) is 0 Å². The van der Waals surface area contributed by atoms with Crippen LogP contribution in [-0.4, -0.2) is 17.1 Å². The summed E-state index contributed by atoms with van der Waals surface area (Å²) in [7, 11) is 1.65. The van der Waals surface area contributed by atoms with Crippen LogP contribution in [0.15, 0.2) is 24.3 Å². The number of nitrogens with one attached hydrogen (secondary N) is 1. The number of aryl methyl sites for hydroxylation is 1. The van der Waals surface area contributed by atoms with Crippen molar-refractivity contribution < 1.29 is 4.74 Å². The number of hydrogen-bond acceptors (Lipinski definition) is 5. The number of nitrogens with two attached hydrogens (primary N) is 1. The normalized spacial score (nSPS) is 10.5. The molecule has 0 atom stereocenters. The molecule has 1 aromatic heterocycles. The highest BCUT2D eigenvalue weighted by atomic mass is 35.5. The third-order valence-corrected chi connectivity index (χ3v) is 2.85. The number of benzene rings is 1. The first kappa shape index (κ1) is 13.6. The number of para-hydroxylation sites is 1. The minimum Gasteiger partial charge on any atom is -0.394 e. The quantitative estimate of drug-likeness (QED) is 0.841. The molecule has 0 aliphatic carbocycles. The summed E-state index contributed by atoms with van der Waals surface area (Å²) >= 11 is 5.85. The van der Waals surface area contributed by atoms with Crippen molar-refractivity contribution in [1.82, 2.24) is 9.97 Å². The number of methoxy groups -OCH3 is 1. The smallest absolute Gasteiger partial charge is 0.224 e. The van der Waals surface area contributed by atoms with E-state index in [2.05, 4.69) is 15.3 Å². The second kappa shape index (κ2) is 5.86. The van der Waals surface area contributed by atoms with Crippen molar-refractivity contribution in [2.75, 3.05) is 18.2 Å². The fraction of sp³-hybridized carbons (Fsp3) is 0.231. The van der Waals surface area contributed by atoms with Gasteiger partial charge in [0.25, 0.3) is 0 Å². The Balaban J connectivity index is 2.36. The Morgan fingerprint density at radius 3 is 2.79 bits per heavy atom. The lowest BCUT2D eigenvalue weighted by Crippen LogP contribution is -2.05. The molecule has 2 aromatic rings. The Hall–Kier alpha value is -1.85. The summed E-state index contributed by atoms with van der Waals surface area (Å²) in [6.07, 6.45) is 0. The summed E-state index contributed by atoms with van der Waals surface area (Å²) in [5.74, 6) is 0.501. The summed E-state index contributed by atoms with van der Waals surface area (Å²) in [6.45, 7) is 2.29. The summed E-state index contributed by atoms with van der Waals surface area (Å²) in [4.78, 5) is 8.11. The number of ether oxygens (including phenoxy) is 1. The Morgan fingerprint density at radius 2 is 2.05 bits per heavy atom. The second-order valence-electron chi connectivity index (χ2n) is 4.06. The van der Waals surface area contributed by atoms with Gasteiger partial charge in [0.2, 0.25) is 5.28 Å². The molecule has 0 saturated heterocycles. The van der Waals surface area contributed by atoms with Crippen LogP contribution in [0.25, 0.3) is 0 Å². The molecule has 5 nitrogen and oxygen atoms in total. The summed E-state index contributed by atoms with van der Waals surface area (Å²) in [5, 5.41) is 3.33. The maximum atomic E-state index is 5.95. The number of anilines is 3. The van der Waals surface area contributed by atoms with Crippen LogP contribution in [0.5, 0.6) is 0 Å². The van der Waals surface area contributed by atoms with Crippen molar-refractivity contribution in [3.63, 3.8) is 0 Å². The van der Waals surface area contributed by atoms with Gasteiger partial charge in [0.15, 0.2) is 5.82 Å². The van der Waals surface area contributed by atoms with Crippen LogP contribution in [0.4, 0.5) is 17.2 Å². The Bertz CT molecular complexity index is 589. The summed E-state index contributed by atoms with van der Waals surface area (Å²) in [6, 6.07) is 7.77. The van der Waals surface area contributed by atoms with Gasteiger partial charge in [-0.1, -0.05) is 18.2 Å². The average Bonchev–Trinajstić information content (AvgIpc) is 2.38. The van der Waals surface area contributed by atoms with Crippen molar-refractivity contribution in [1.29, 1.82) is 0 Å². The monoisotopic (exact) mass is 278 g/mol. The lowest BCUT2D eigenvalue weighted by molar-refractivity contribution is 0.185. The third-order valence-electron chi connectivity index (χ3n) is 2.68. The van der Waals surface area contributed by atoms with E-state index in [0.717, 1.165) is 11.3 Å². The minimum absolute atomic E-state index is 0.165. The lowest BCUT2D eigenvalue weighted by atomic mass is 10.2. The number of aromatic nitrogens is 2. The maximum Gasteiger partial charge on any atom is 0.224 e. The van der Waals surface area contributed by atoms with Crippen molar-refractivity contribution >= 4 is 28.8 Å². The molecule has 0 bridgehead atoms. The van der Waals surface area contributed by atoms with Crippen LogP contribution in [0.2, 0.25) is 5.28 Å². The molecule has 100 valence electrons. The van der Waals surface area contributed by atoms with Crippen LogP contribution in [0.3, 0.4) is 0 Å². The predicted molar refractivity (Wildman–Crippen MR) is 76.6 cm³/mol. The van der Waals surface area contributed by atoms with E-state index in [1.54, 1.807) is 14.0 Å². The summed E-state index contributed by atoms with van der Waals surface area (Å²) in [5.41, 5.74) is 8.96. The molecule has 0 aliphatic heterocycles. The van der Waals surface area contributed by atoms with Gasteiger partial charge in [0.05, 0.1) is 18.0 Å². The number of hydrogen-bond donors (Lipinski definition) is 2. The Morgan fingerprint density at radius 1 is 1.32 bits per heavy atom. The van der Waals surface area contributed by atoms with E-state index in [1.807, 2.05) is 24.3 Å². The number of halogens is 1. The highest BCUT2D eigenvalue weighted by Gasteiger charge is 2.09. The molecule has 6 heteroatoms. The number of nitrogen functional groups attached to an aromatic ring is 1. The van der Waals surface area contributed by atoms with Gasteiger partial charge in [-0.25, -0.2) is 4.98 Å². The first-order valence-corrected chi connectivity index (χ1v) is 6.13. The molecule has 3 N–H and O–H groups in total. The molecule has 0 saturated carbocycles. The van der Waals surface area contributed by atoms with E-state index in [9.17, 15) is 0 Å². The third kappa shape index (κ3) is 3.13. The Labute approximate surface area is 116 Å². The molecule has 0 aliphatic rings. The second-order valence-corrected chi connectivity index (χ2v) is 4.39. The fourth-order valence-electron chi connectivity index (χ4n) is 1.69. The maximum absolute atomic E-state index is 5.95. The molecule has 0 radical (unpaired) electrons. The van der Waals surface area contributed by atoms with Crippen LogP contribution in [-0.2, 0) is 11.3 Å². The highest BCUT2D eigenvalue weighted by Crippen LogP contribution is 2.26. The first-order chi connectivity index (χ1) is 9.11. The molecule has 2 rings (SSSR count). The van der Waals surface area contributed by atoms with Gasteiger partial charge in [-0.2, -0.15) is 4.98 Å². The Kier molecular flexibility index (Phi) is 4.19. The van der Waals surface area contributed by atoms with E-state index in [0.29, 0.717) is 23.8 Å². The van der Waals surface area contributed by atoms with Gasteiger partial charge in [-0.05, 0) is 24.6 Å². The molecular formula is C13H15ClN4O. The largest absolute Gasteiger partial charge is 0.394 e. The fourth-order valence-corrected chi connectivity index (χ4v) is 1.91. The van der Waals surface area contributed by atoms with Crippen LogP contribution in [0.1, 0.15) is 11.3 Å². The lowest BCUT2D eigenvalue weighted by Gasteiger charge is -2.13. The van der Waals surface area contributed by atoms with E-state index >= 15 is 0 Å². The van der Waals surface area contributed by atoms with Gasteiger partial charge in [-0.15, -0.1) is 0 Å². The molecule has 0 amide bonds. The number of nitrogens with zero attached hydrogens (tertiary/aromatic N) is 2. The highest BCUT2D eigenvalue weighted by molar-refractivity contribution is 6.28. The summed E-state index contributed by atoms with van der Waals surface area (Å²) < 4.78 is 5.15. The molecule has 0 fully saturated rings. The topological polar surface area (TPSA) is 73.1 Å². The molecular weight excluding hydrogens is 264 g/mol. The zero-order valence-corrected chi connectivity index (χ0v) is 11.5. The van der Waals surface area contributed by atoms with Crippen LogP contribution >= 0.6 is 11.6 Å². The average molecular weight is 279 g/mol. The van der Waals surface area contributed by atoms with Gasteiger partial charge in [-0.3, -0.25) is 0 Å². The van der Waals surface area contributed by atoms with Crippen molar-refractivity contribution in [2.45, 2.75) is 13.5 Å². The van der Waals surface area contributed by atoms with Crippen LogP contribution in [0, 0.1) is 6.92 Å². The SMILES string of the molecule is COCc1ccccc1Nc1nc(Cl)nc(C)c1N. The van der Waals surface area contributed by atoms with E-state index < -0.39 is 0 Å². The van der Waals surface area contributed by atoms with Crippen molar-refractivity contribution in [3.8, 4) is 0 Å². The standard InChI is InChI=1S/C13H15ClN4O/c1-8-11(15)12(18-13(14)16-8)17-10-6-4-3-5-9(10)7-19-2/h3-6H,7,15H2,1-2H3,(H,16,17,18). The predicted octanol–water partition coefficient (Wildman–Crippen LogP) is 2.91. The van der Waals surface area contributed by atoms with Crippen molar-refractivity contribution in [2.24, 2.45) is 0 Å². The molecule has 1 heterocycles.